The molecule has 6 heteroatoms. The Labute approximate surface area is 108 Å². The van der Waals surface area contributed by atoms with Gasteiger partial charge in [0.25, 0.3) is 5.91 Å². The van der Waals surface area contributed by atoms with E-state index in [1.807, 2.05) is 0 Å². The Morgan fingerprint density at radius 3 is 2.50 bits per heavy atom. The molecule has 0 aliphatic carbocycles. The van der Waals surface area contributed by atoms with Gasteiger partial charge in [0, 0.05) is 29.9 Å². The Hall–Kier alpha value is -1.53. The molecule has 1 rings (SSSR count). The summed E-state index contributed by atoms with van der Waals surface area (Å²) < 4.78 is 16.7. The van der Waals surface area contributed by atoms with E-state index in [-0.39, 0.29) is 5.71 Å². The molecule has 0 radical (unpaired) electrons. The van der Waals surface area contributed by atoms with E-state index in [9.17, 15) is 9.00 Å². The molecule has 0 aliphatic rings. The normalized spacial score (nSPS) is 12.1. The van der Waals surface area contributed by atoms with Crippen molar-refractivity contribution >= 4 is 22.4 Å². The molecule has 3 N–H and O–H groups in total. The largest absolute Gasteiger partial charge is 0.385 e. The van der Waals surface area contributed by atoms with Crippen LogP contribution in [0.25, 0.3) is 0 Å². The van der Waals surface area contributed by atoms with Crippen LogP contribution >= 0.6 is 0 Å². The molecule has 5 nitrogen and oxygen atoms in total. The van der Waals surface area contributed by atoms with Gasteiger partial charge in [-0.2, -0.15) is 0 Å². The maximum atomic E-state index is 11.8. The van der Waals surface area contributed by atoms with Crippen LogP contribution in [-0.4, -0.2) is 35.3 Å². The average Bonchev–Trinajstić information content (AvgIpc) is 2.38. The second-order valence-corrected chi connectivity index (χ2v) is 5.23. The zero-order valence-corrected chi connectivity index (χ0v) is 11.0. The predicted molar refractivity (Wildman–Crippen MR) is 70.2 cm³/mol. The summed E-state index contributed by atoms with van der Waals surface area (Å²) in [6.07, 6.45) is 0.724. The molecule has 0 fully saturated rings. The summed E-state index contributed by atoms with van der Waals surface area (Å²) in [6.45, 7) is 0.580. The first-order valence-corrected chi connectivity index (χ1v) is 6.74. The highest BCUT2D eigenvalue weighted by molar-refractivity contribution is 7.85. The summed E-state index contributed by atoms with van der Waals surface area (Å²) in [5.41, 5.74) is 5.20. The van der Waals surface area contributed by atoms with Crippen LogP contribution in [0.15, 0.2) is 29.2 Å². The van der Waals surface area contributed by atoms with Gasteiger partial charge in [-0.1, -0.05) is 12.1 Å². The second-order valence-electron chi connectivity index (χ2n) is 3.66. The lowest BCUT2D eigenvalue weighted by Crippen LogP contribution is -2.23. The van der Waals surface area contributed by atoms with Gasteiger partial charge in [0.1, 0.15) is 5.71 Å². The van der Waals surface area contributed by atoms with Gasteiger partial charge in [-0.3, -0.25) is 14.4 Å². The van der Waals surface area contributed by atoms with Crippen molar-refractivity contribution in [1.82, 2.24) is 0 Å². The van der Waals surface area contributed by atoms with Gasteiger partial charge >= 0.3 is 0 Å². The molecular weight excluding hydrogens is 252 g/mol. The number of rotatable bonds is 7. The highest BCUT2D eigenvalue weighted by Crippen LogP contribution is 2.10. The van der Waals surface area contributed by atoms with Crippen LogP contribution in [0.5, 0.6) is 0 Å². The van der Waals surface area contributed by atoms with Crippen molar-refractivity contribution in [1.29, 1.82) is 5.41 Å². The zero-order valence-electron chi connectivity index (χ0n) is 10.1. The first kappa shape index (κ1) is 14.5. The van der Waals surface area contributed by atoms with Crippen LogP contribution in [0, 0.1) is 5.41 Å². The standard InChI is InChI=1S/C12H16N2O3S/c1-17-7-2-8-18(16)10-5-3-9(4-6-10)11(13)12(14)15/h3-6,13H,2,7-8H2,1H3,(H2,14,15)/t18-/m0/s1. The van der Waals surface area contributed by atoms with Crippen LogP contribution in [0.2, 0.25) is 0 Å². The average molecular weight is 268 g/mol. The van der Waals surface area contributed by atoms with E-state index in [2.05, 4.69) is 0 Å². The Morgan fingerprint density at radius 2 is 2.00 bits per heavy atom. The third-order valence-corrected chi connectivity index (χ3v) is 3.79. The minimum atomic E-state index is -1.08. The molecule has 0 saturated carbocycles. The number of amides is 1. The van der Waals surface area contributed by atoms with Crippen molar-refractivity contribution < 1.29 is 13.7 Å². The molecule has 0 aromatic heterocycles. The van der Waals surface area contributed by atoms with Crippen LogP contribution in [0.4, 0.5) is 0 Å². The lowest BCUT2D eigenvalue weighted by Gasteiger charge is -2.04. The number of carbonyl (C=O) groups is 1. The number of carbonyl (C=O) groups excluding carboxylic acids is 1. The van der Waals surface area contributed by atoms with Crippen molar-refractivity contribution in [3.05, 3.63) is 29.8 Å². The topological polar surface area (TPSA) is 93.2 Å². The van der Waals surface area contributed by atoms with E-state index in [1.54, 1.807) is 31.4 Å². The maximum Gasteiger partial charge on any atom is 0.267 e. The molecule has 0 unspecified atom stereocenters. The number of methoxy groups -OCH3 is 1. The fourth-order valence-electron chi connectivity index (χ4n) is 1.37. The quantitative estimate of drug-likeness (QED) is 0.562. The Balaban J connectivity index is 2.68. The number of primary amides is 1. The molecule has 0 bridgehead atoms. The van der Waals surface area contributed by atoms with Gasteiger partial charge in [-0.25, -0.2) is 0 Å². The summed E-state index contributed by atoms with van der Waals surface area (Å²) in [4.78, 5) is 11.5. The van der Waals surface area contributed by atoms with Gasteiger partial charge < -0.3 is 10.5 Å². The molecule has 18 heavy (non-hydrogen) atoms. The third kappa shape index (κ3) is 4.05. The van der Waals surface area contributed by atoms with Crippen molar-refractivity contribution in [2.75, 3.05) is 19.5 Å². The van der Waals surface area contributed by atoms with Crippen molar-refractivity contribution in [2.24, 2.45) is 5.73 Å². The Bertz CT molecular complexity index is 457. The molecule has 0 heterocycles. The molecule has 1 aromatic rings. The molecule has 0 saturated heterocycles. The SMILES string of the molecule is COCCC[S@](=O)c1ccc(C(=N)C(N)=O)cc1. The molecule has 1 atom stereocenters. The highest BCUT2D eigenvalue weighted by Gasteiger charge is 2.09. The van der Waals surface area contributed by atoms with Crippen molar-refractivity contribution in [3.8, 4) is 0 Å². The van der Waals surface area contributed by atoms with E-state index in [0.717, 1.165) is 6.42 Å². The minimum absolute atomic E-state index is 0.244. The number of hydrogen-bond donors (Lipinski definition) is 2. The molecule has 1 amide bonds. The fraction of sp³-hybridized carbons (Fsp3) is 0.333. The van der Waals surface area contributed by atoms with Gasteiger partial charge in [-0.05, 0) is 18.6 Å². The molecule has 0 aliphatic heterocycles. The van der Waals surface area contributed by atoms with E-state index in [4.69, 9.17) is 15.9 Å². The highest BCUT2D eigenvalue weighted by atomic mass is 32.2. The van der Waals surface area contributed by atoms with E-state index >= 15 is 0 Å². The monoisotopic (exact) mass is 268 g/mol. The summed E-state index contributed by atoms with van der Waals surface area (Å²) in [6, 6.07) is 6.46. The smallest absolute Gasteiger partial charge is 0.267 e. The maximum absolute atomic E-state index is 11.8. The first-order chi connectivity index (χ1) is 8.56. The van der Waals surface area contributed by atoms with E-state index < -0.39 is 16.7 Å². The summed E-state index contributed by atoms with van der Waals surface area (Å²) in [5, 5.41) is 7.43. The van der Waals surface area contributed by atoms with E-state index in [0.29, 0.717) is 22.8 Å². The van der Waals surface area contributed by atoms with Crippen LogP contribution in [-0.2, 0) is 20.3 Å². The Kier molecular flexibility index (Phi) is 5.67. The third-order valence-electron chi connectivity index (χ3n) is 2.33. The van der Waals surface area contributed by atoms with Gasteiger partial charge in [0.15, 0.2) is 0 Å². The van der Waals surface area contributed by atoms with Crippen LogP contribution < -0.4 is 5.73 Å². The predicted octanol–water partition coefficient (Wildman–Crippen LogP) is 0.684. The molecule has 1 aromatic carbocycles. The van der Waals surface area contributed by atoms with E-state index in [1.165, 1.54) is 0 Å². The van der Waals surface area contributed by atoms with Gasteiger partial charge in [0.2, 0.25) is 0 Å². The van der Waals surface area contributed by atoms with Gasteiger partial charge in [-0.15, -0.1) is 0 Å². The van der Waals surface area contributed by atoms with Crippen LogP contribution in [0.1, 0.15) is 12.0 Å². The minimum Gasteiger partial charge on any atom is -0.385 e. The summed E-state index contributed by atoms with van der Waals surface area (Å²) >= 11 is 0. The second kappa shape index (κ2) is 7.03. The fourth-order valence-corrected chi connectivity index (χ4v) is 2.42. The number of benzene rings is 1. The summed E-state index contributed by atoms with van der Waals surface area (Å²) in [7, 11) is 0.521. The lowest BCUT2D eigenvalue weighted by atomic mass is 10.1. The van der Waals surface area contributed by atoms with Crippen LogP contribution in [0.3, 0.4) is 0 Å². The number of nitrogens with two attached hydrogens (primary N) is 1. The molecule has 0 spiro atoms. The summed E-state index contributed by atoms with van der Waals surface area (Å²) in [5.74, 6) is -0.246. The van der Waals surface area contributed by atoms with Crippen molar-refractivity contribution in [3.63, 3.8) is 0 Å². The number of nitrogens with one attached hydrogen (secondary N) is 1. The Morgan fingerprint density at radius 1 is 1.39 bits per heavy atom. The van der Waals surface area contributed by atoms with Gasteiger partial charge in [0.05, 0.1) is 10.8 Å². The lowest BCUT2D eigenvalue weighted by molar-refractivity contribution is -0.112. The molecule has 98 valence electrons. The molecular formula is C12H16N2O3S. The first-order valence-electron chi connectivity index (χ1n) is 5.42. The zero-order chi connectivity index (χ0) is 13.5. The number of ether oxygens (including phenoxy) is 1. The number of hydrogen-bond acceptors (Lipinski definition) is 4. The van der Waals surface area contributed by atoms with Crippen molar-refractivity contribution in [2.45, 2.75) is 11.3 Å².